The van der Waals surface area contributed by atoms with Crippen molar-refractivity contribution in [1.29, 1.82) is 0 Å². The Labute approximate surface area is 83.9 Å². The third-order valence-electron chi connectivity index (χ3n) is 2.21. The van der Waals surface area contributed by atoms with Crippen LogP contribution in [0.1, 0.15) is 24.8 Å². The van der Waals surface area contributed by atoms with Gasteiger partial charge in [0, 0.05) is 0 Å². The Bertz CT molecular complexity index is 327. The van der Waals surface area contributed by atoms with Crippen LogP contribution in [-0.2, 0) is 4.79 Å². The van der Waals surface area contributed by atoms with E-state index in [1.165, 1.54) is 0 Å². The largest absolute Gasteiger partial charge is 0.545 e. The molecule has 0 N–H and O–H groups in total. The Kier molecular flexibility index (Phi) is 3.46. The zero-order valence-corrected chi connectivity index (χ0v) is 8.19. The van der Waals surface area contributed by atoms with Crippen LogP contribution in [0.4, 0.5) is 0 Å². The molecule has 1 rings (SSSR count). The first kappa shape index (κ1) is 10.5. The Morgan fingerprint density at radius 2 is 2.00 bits per heavy atom. The van der Waals surface area contributed by atoms with Gasteiger partial charge >= 0.3 is 0 Å². The average molecular weight is 189 g/mol. The monoisotopic (exact) mass is 189 g/mol. The van der Waals surface area contributed by atoms with Crippen LogP contribution in [-0.4, -0.2) is 5.97 Å². The molecule has 0 amide bonds. The van der Waals surface area contributed by atoms with Gasteiger partial charge in [0.15, 0.2) is 0 Å². The molecule has 0 radical (unpaired) electrons. The summed E-state index contributed by atoms with van der Waals surface area (Å²) in [6.45, 7) is 5.43. The number of hydrogen-bond donors (Lipinski definition) is 0. The fourth-order valence-electron chi connectivity index (χ4n) is 1.35. The highest BCUT2D eigenvalue weighted by molar-refractivity contribution is 5.83. The summed E-state index contributed by atoms with van der Waals surface area (Å²) in [5, 5.41) is 10.5. The molecule has 0 saturated carbocycles. The highest BCUT2D eigenvalue weighted by Crippen LogP contribution is 2.21. The van der Waals surface area contributed by atoms with Gasteiger partial charge in [0.2, 0.25) is 0 Å². The summed E-state index contributed by atoms with van der Waals surface area (Å²) in [5.74, 6) is -0.991. The molecule has 14 heavy (non-hydrogen) atoms. The third-order valence-corrected chi connectivity index (χ3v) is 2.21. The first-order chi connectivity index (χ1) is 6.61. The van der Waals surface area contributed by atoms with Crippen LogP contribution >= 0.6 is 0 Å². The molecule has 2 heteroatoms. The molecule has 0 spiro atoms. The van der Waals surface area contributed by atoms with E-state index in [0.717, 1.165) is 5.56 Å². The van der Waals surface area contributed by atoms with E-state index in [4.69, 9.17) is 0 Å². The number of carboxylic acid groups (broad SMARTS) is 1. The lowest BCUT2D eigenvalue weighted by molar-refractivity contribution is -0.299. The number of benzene rings is 1. The van der Waals surface area contributed by atoms with Crippen LogP contribution in [0.15, 0.2) is 42.5 Å². The zero-order valence-electron chi connectivity index (χ0n) is 8.19. The van der Waals surface area contributed by atoms with E-state index in [-0.39, 0.29) is 11.5 Å². The molecule has 1 atom stereocenters. The fraction of sp³-hybridized carbons (Fsp3) is 0.250. The SMILES string of the molecule is C=C(CC(C)c1ccccc1)C(=O)[O-]. The molecule has 0 saturated heterocycles. The number of carbonyl (C=O) groups excluding carboxylic acids is 1. The van der Waals surface area contributed by atoms with Gasteiger partial charge in [0.05, 0.1) is 5.97 Å². The second-order valence-corrected chi connectivity index (χ2v) is 3.41. The van der Waals surface area contributed by atoms with Crippen LogP contribution in [0, 0.1) is 0 Å². The van der Waals surface area contributed by atoms with Gasteiger partial charge in [-0.15, -0.1) is 0 Å². The van der Waals surface area contributed by atoms with Gasteiger partial charge in [-0.1, -0.05) is 43.8 Å². The molecule has 0 aromatic heterocycles. The minimum atomic E-state index is -1.16. The number of rotatable bonds is 4. The predicted octanol–water partition coefficient (Wildman–Crippen LogP) is 1.49. The van der Waals surface area contributed by atoms with Gasteiger partial charge in [0.1, 0.15) is 0 Å². The molecule has 1 unspecified atom stereocenters. The zero-order chi connectivity index (χ0) is 10.6. The van der Waals surface area contributed by atoms with Crippen LogP contribution in [0.2, 0.25) is 0 Å². The molecule has 0 aliphatic carbocycles. The van der Waals surface area contributed by atoms with Crippen molar-refractivity contribution < 1.29 is 9.90 Å². The molecule has 0 aliphatic heterocycles. The van der Waals surface area contributed by atoms with Crippen molar-refractivity contribution in [2.75, 3.05) is 0 Å². The number of carboxylic acids is 1. The van der Waals surface area contributed by atoms with E-state index >= 15 is 0 Å². The van der Waals surface area contributed by atoms with Crippen LogP contribution in [0.3, 0.4) is 0 Å². The Morgan fingerprint density at radius 1 is 1.43 bits per heavy atom. The lowest BCUT2D eigenvalue weighted by atomic mass is 9.94. The van der Waals surface area contributed by atoms with E-state index in [2.05, 4.69) is 6.58 Å². The molecule has 0 heterocycles. The van der Waals surface area contributed by atoms with E-state index in [9.17, 15) is 9.90 Å². The van der Waals surface area contributed by atoms with E-state index in [0.29, 0.717) is 6.42 Å². The molecule has 0 fully saturated rings. The molecule has 1 aromatic rings. The van der Waals surface area contributed by atoms with Gasteiger partial charge < -0.3 is 9.90 Å². The van der Waals surface area contributed by atoms with Crippen molar-refractivity contribution in [2.45, 2.75) is 19.3 Å². The number of aliphatic carboxylic acids is 1. The van der Waals surface area contributed by atoms with E-state index in [1.54, 1.807) is 0 Å². The van der Waals surface area contributed by atoms with Crippen molar-refractivity contribution in [3.63, 3.8) is 0 Å². The van der Waals surface area contributed by atoms with Crippen molar-refractivity contribution >= 4 is 5.97 Å². The molecule has 2 nitrogen and oxygen atoms in total. The molecule has 0 bridgehead atoms. The molecular formula is C12H13O2-. The third kappa shape index (κ3) is 2.73. The molecular weight excluding hydrogens is 176 g/mol. The van der Waals surface area contributed by atoms with E-state index < -0.39 is 5.97 Å². The second kappa shape index (κ2) is 4.61. The maximum absolute atomic E-state index is 10.5. The van der Waals surface area contributed by atoms with Gasteiger partial charge in [-0.2, -0.15) is 0 Å². The molecule has 1 aromatic carbocycles. The van der Waals surface area contributed by atoms with Gasteiger partial charge in [-0.25, -0.2) is 0 Å². The highest BCUT2D eigenvalue weighted by Gasteiger charge is 2.06. The van der Waals surface area contributed by atoms with Gasteiger partial charge in [-0.3, -0.25) is 0 Å². The van der Waals surface area contributed by atoms with Crippen molar-refractivity contribution in [1.82, 2.24) is 0 Å². The summed E-state index contributed by atoms with van der Waals surface area (Å²) in [7, 11) is 0. The van der Waals surface area contributed by atoms with Crippen molar-refractivity contribution in [3.8, 4) is 0 Å². The predicted molar refractivity (Wildman–Crippen MR) is 53.6 cm³/mol. The molecule has 0 aliphatic rings. The second-order valence-electron chi connectivity index (χ2n) is 3.41. The summed E-state index contributed by atoms with van der Waals surface area (Å²) in [5.41, 5.74) is 1.27. The maximum Gasteiger partial charge on any atom is 0.0669 e. The topological polar surface area (TPSA) is 40.1 Å². The Morgan fingerprint density at radius 3 is 2.50 bits per heavy atom. The lowest BCUT2D eigenvalue weighted by Crippen LogP contribution is -2.24. The normalized spacial score (nSPS) is 12.1. The minimum absolute atomic E-state index is 0.154. The Hall–Kier alpha value is -1.57. The summed E-state index contributed by atoms with van der Waals surface area (Å²) >= 11 is 0. The van der Waals surface area contributed by atoms with Crippen LogP contribution in [0.25, 0.3) is 0 Å². The lowest BCUT2D eigenvalue weighted by Gasteiger charge is -2.13. The summed E-state index contributed by atoms with van der Waals surface area (Å²) in [6.07, 6.45) is 0.437. The first-order valence-corrected chi connectivity index (χ1v) is 4.55. The number of hydrogen-bond acceptors (Lipinski definition) is 2. The van der Waals surface area contributed by atoms with Crippen molar-refractivity contribution in [3.05, 3.63) is 48.0 Å². The summed E-state index contributed by atoms with van der Waals surface area (Å²) in [4.78, 5) is 10.5. The maximum atomic E-state index is 10.5. The van der Waals surface area contributed by atoms with E-state index in [1.807, 2.05) is 37.3 Å². The van der Waals surface area contributed by atoms with Gasteiger partial charge in [-0.05, 0) is 23.5 Å². The van der Waals surface area contributed by atoms with Crippen molar-refractivity contribution in [2.24, 2.45) is 0 Å². The highest BCUT2D eigenvalue weighted by atomic mass is 16.4. The van der Waals surface area contributed by atoms with Crippen LogP contribution < -0.4 is 5.11 Å². The van der Waals surface area contributed by atoms with Gasteiger partial charge in [0.25, 0.3) is 0 Å². The quantitative estimate of drug-likeness (QED) is 0.673. The smallest absolute Gasteiger partial charge is 0.0669 e. The number of carbonyl (C=O) groups is 1. The summed E-state index contributed by atoms with van der Waals surface area (Å²) < 4.78 is 0. The standard InChI is InChI=1S/C12H14O2/c1-9(8-10(2)12(13)14)11-6-4-3-5-7-11/h3-7,9H,2,8H2,1H3,(H,13,14)/p-1. The fourth-order valence-corrected chi connectivity index (χ4v) is 1.35. The average Bonchev–Trinajstić information content (AvgIpc) is 2.19. The first-order valence-electron chi connectivity index (χ1n) is 4.55. The van der Waals surface area contributed by atoms with Crippen LogP contribution in [0.5, 0.6) is 0 Å². The Balaban J connectivity index is 2.64. The summed E-state index contributed by atoms with van der Waals surface area (Å²) in [6, 6.07) is 9.77. The minimum Gasteiger partial charge on any atom is -0.545 e. The molecule has 74 valence electrons.